The highest BCUT2D eigenvalue weighted by Crippen LogP contribution is 2.11. The molecule has 0 aliphatic heterocycles. The molecule has 2 aromatic carbocycles. The van der Waals surface area contributed by atoms with Crippen molar-refractivity contribution in [2.24, 2.45) is 0 Å². The zero-order chi connectivity index (χ0) is 16.2. The third kappa shape index (κ3) is 4.16. The maximum Gasteiger partial charge on any atom is 0.242 e. The normalized spacial score (nSPS) is 12.6. The standard InChI is InChI=1S/C16H18N2O3S/c1-12-8-10-15(11-9-12)22(20,21)18-13(2)16(19)17-14-6-4-3-5-7-14/h3-11,13,18H,1-2H3,(H,17,19). The number of aryl methyl sites for hydroxylation is 1. The molecule has 0 bridgehead atoms. The molecule has 0 fully saturated rings. The molecule has 22 heavy (non-hydrogen) atoms. The van der Waals surface area contributed by atoms with Crippen LogP contribution in [0.2, 0.25) is 0 Å². The Balaban J connectivity index is 2.05. The lowest BCUT2D eigenvalue weighted by Gasteiger charge is -2.14. The van der Waals surface area contributed by atoms with Gasteiger partial charge in [-0.25, -0.2) is 8.42 Å². The highest BCUT2D eigenvalue weighted by Gasteiger charge is 2.21. The van der Waals surface area contributed by atoms with Gasteiger partial charge in [0.1, 0.15) is 0 Å². The summed E-state index contributed by atoms with van der Waals surface area (Å²) in [5, 5.41) is 2.66. The second-order valence-electron chi connectivity index (χ2n) is 5.01. The molecule has 1 unspecified atom stereocenters. The number of carbonyl (C=O) groups excluding carboxylic acids is 1. The van der Waals surface area contributed by atoms with Crippen LogP contribution in [-0.2, 0) is 14.8 Å². The lowest BCUT2D eigenvalue weighted by Crippen LogP contribution is -2.41. The number of benzene rings is 2. The molecule has 0 spiro atoms. The number of rotatable bonds is 5. The van der Waals surface area contributed by atoms with Gasteiger partial charge in [-0.3, -0.25) is 4.79 Å². The Bertz CT molecular complexity index is 741. The van der Waals surface area contributed by atoms with Crippen LogP contribution in [0.1, 0.15) is 12.5 Å². The molecule has 116 valence electrons. The summed E-state index contributed by atoms with van der Waals surface area (Å²) in [7, 11) is -3.72. The predicted octanol–water partition coefficient (Wildman–Crippen LogP) is 2.30. The molecule has 0 saturated heterocycles. The Morgan fingerprint density at radius 2 is 1.59 bits per heavy atom. The largest absolute Gasteiger partial charge is 0.325 e. The van der Waals surface area contributed by atoms with Crippen LogP contribution >= 0.6 is 0 Å². The van der Waals surface area contributed by atoms with E-state index in [1.807, 2.05) is 13.0 Å². The molecule has 2 N–H and O–H groups in total. The molecule has 1 atom stereocenters. The molecule has 1 amide bonds. The molecule has 0 aliphatic carbocycles. The van der Waals surface area contributed by atoms with Crippen molar-refractivity contribution in [3.63, 3.8) is 0 Å². The van der Waals surface area contributed by atoms with Gasteiger partial charge in [-0.1, -0.05) is 35.9 Å². The lowest BCUT2D eigenvalue weighted by molar-refractivity contribution is -0.117. The van der Waals surface area contributed by atoms with Gasteiger partial charge >= 0.3 is 0 Å². The zero-order valence-corrected chi connectivity index (χ0v) is 13.2. The van der Waals surface area contributed by atoms with Gasteiger partial charge in [-0.05, 0) is 38.1 Å². The van der Waals surface area contributed by atoms with E-state index in [2.05, 4.69) is 10.0 Å². The highest BCUT2D eigenvalue weighted by molar-refractivity contribution is 7.89. The van der Waals surface area contributed by atoms with Crippen LogP contribution in [0.25, 0.3) is 0 Å². The Morgan fingerprint density at radius 3 is 2.18 bits per heavy atom. The van der Waals surface area contributed by atoms with Gasteiger partial charge in [0.25, 0.3) is 0 Å². The van der Waals surface area contributed by atoms with E-state index in [1.165, 1.54) is 19.1 Å². The minimum absolute atomic E-state index is 0.137. The van der Waals surface area contributed by atoms with Crippen molar-refractivity contribution < 1.29 is 13.2 Å². The molecule has 2 aromatic rings. The van der Waals surface area contributed by atoms with Gasteiger partial charge in [-0.2, -0.15) is 4.72 Å². The Labute approximate surface area is 130 Å². The van der Waals surface area contributed by atoms with Crippen molar-refractivity contribution in [3.05, 3.63) is 60.2 Å². The first kappa shape index (κ1) is 16.2. The number of para-hydroxylation sites is 1. The van der Waals surface area contributed by atoms with Crippen molar-refractivity contribution in [2.45, 2.75) is 24.8 Å². The predicted molar refractivity (Wildman–Crippen MR) is 86.0 cm³/mol. The van der Waals surface area contributed by atoms with Crippen LogP contribution in [0.5, 0.6) is 0 Å². The Kier molecular flexibility index (Phi) is 4.95. The van der Waals surface area contributed by atoms with Crippen molar-refractivity contribution in [1.29, 1.82) is 0 Å². The molecule has 0 radical (unpaired) electrons. The van der Waals surface area contributed by atoms with Crippen LogP contribution in [-0.4, -0.2) is 20.4 Å². The third-order valence-corrected chi connectivity index (χ3v) is 4.65. The van der Waals surface area contributed by atoms with Crippen molar-refractivity contribution in [2.75, 3.05) is 5.32 Å². The Hall–Kier alpha value is -2.18. The molecule has 0 heterocycles. The average Bonchev–Trinajstić information content (AvgIpc) is 2.48. The van der Waals surface area contributed by atoms with Crippen molar-refractivity contribution in [1.82, 2.24) is 4.72 Å². The van der Waals surface area contributed by atoms with E-state index in [4.69, 9.17) is 0 Å². The zero-order valence-electron chi connectivity index (χ0n) is 12.4. The van der Waals surface area contributed by atoms with Crippen LogP contribution in [0, 0.1) is 6.92 Å². The number of sulfonamides is 1. The van der Waals surface area contributed by atoms with Crippen LogP contribution in [0.4, 0.5) is 5.69 Å². The van der Waals surface area contributed by atoms with Crippen molar-refractivity contribution >= 4 is 21.6 Å². The highest BCUT2D eigenvalue weighted by atomic mass is 32.2. The summed E-state index contributed by atoms with van der Waals surface area (Å²) in [5.74, 6) is -0.415. The number of anilines is 1. The fourth-order valence-corrected chi connectivity index (χ4v) is 3.05. The molecule has 5 nitrogen and oxygen atoms in total. The second-order valence-corrected chi connectivity index (χ2v) is 6.73. The van der Waals surface area contributed by atoms with E-state index in [0.29, 0.717) is 5.69 Å². The number of amides is 1. The van der Waals surface area contributed by atoms with Gasteiger partial charge < -0.3 is 5.32 Å². The fourth-order valence-electron chi connectivity index (χ4n) is 1.84. The van der Waals surface area contributed by atoms with Gasteiger partial charge in [0.05, 0.1) is 10.9 Å². The molecule has 2 rings (SSSR count). The van der Waals surface area contributed by atoms with E-state index in [0.717, 1.165) is 5.56 Å². The van der Waals surface area contributed by atoms with Gasteiger partial charge in [0, 0.05) is 5.69 Å². The monoisotopic (exact) mass is 318 g/mol. The molecule has 0 saturated carbocycles. The minimum Gasteiger partial charge on any atom is -0.325 e. The first-order chi connectivity index (χ1) is 10.4. The maximum absolute atomic E-state index is 12.2. The first-order valence-electron chi connectivity index (χ1n) is 6.83. The summed E-state index contributed by atoms with van der Waals surface area (Å²) < 4.78 is 26.8. The second kappa shape index (κ2) is 6.72. The van der Waals surface area contributed by atoms with Gasteiger partial charge in [0.15, 0.2) is 0 Å². The third-order valence-electron chi connectivity index (χ3n) is 3.10. The van der Waals surface area contributed by atoms with Gasteiger partial charge in [0.2, 0.25) is 15.9 Å². The minimum atomic E-state index is -3.72. The molecule has 0 aliphatic rings. The summed E-state index contributed by atoms with van der Waals surface area (Å²) in [4.78, 5) is 12.2. The molecule has 0 aromatic heterocycles. The molecular weight excluding hydrogens is 300 g/mol. The van der Waals surface area contributed by atoms with Crippen LogP contribution in [0.15, 0.2) is 59.5 Å². The number of hydrogen-bond acceptors (Lipinski definition) is 3. The van der Waals surface area contributed by atoms with E-state index in [9.17, 15) is 13.2 Å². The average molecular weight is 318 g/mol. The number of carbonyl (C=O) groups is 1. The maximum atomic E-state index is 12.2. The first-order valence-corrected chi connectivity index (χ1v) is 8.32. The van der Waals surface area contributed by atoms with E-state index < -0.39 is 22.0 Å². The van der Waals surface area contributed by atoms with Crippen LogP contribution < -0.4 is 10.0 Å². The van der Waals surface area contributed by atoms with E-state index in [-0.39, 0.29) is 4.90 Å². The van der Waals surface area contributed by atoms with Crippen LogP contribution in [0.3, 0.4) is 0 Å². The van der Waals surface area contributed by atoms with E-state index >= 15 is 0 Å². The van der Waals surface area contributed by atoms with Gasteiger partial charge in [-0.15, -0.1) is 0 Å². The molecule has 6 heteroatoms. The summed E-state index contributed by atoms with van der Waals surface area (Å²) in [6.45, 7) is 3.38. The summed E-state index contributed by atoms with van der Waals surface area (Å²) in [6.07, 6.45) is 0. The summed E-state index contributed by atoms with van der Waals surface area (Å²) in [5.41, 5.74) is 1.59. The Morgan fingerprint density at radius 1 is 1.00 bits per heavy atom. The number of nitrogens with one attached hydrogen (secondary N) is 2. The van der Waals surface area contributed by atoms with Crippen molar-refractivity contribution in [3.8, 4) is 0 Å². The topological polar surface area (TPSA) is 75.3 Å². The fraction of sp³-hybridized carbons (Fsp3) is 0.188. The molecular formula is C16H18N2O3S. The summed E-state index contributed by atoms with van der Waals surface area (Å²) in [6, 6.07) is 14.4. The SMILES string of the molecule is Cc1ccc(S(=O)(=O)NC(C)C(=O)Nc2ccccc2)cc1. The summed E-state index contributed by atoms with van der Waals surface area (Å²) >= 11 is 0. The smallest absolute Gasteiger partial charge is 0.242 e. The van der Waals surface area contributed by atoms with E-state index in [1.54, 1.807) is 36.4 Å². The lowest BCUT2D eigenvalue weighted by atomic mass is 10.2. The number of hydrogen-bond donors (Lipinski definition) is 2. The quantitative estimate of drug-likeness (QED) is 0.888.